The number of para-hydroxylation sites is 2. The molecule has 16 heavy (non-hydrogen) atoms. The molecule has 0 amide bonds. The zero-order valence-electron chi connectivity index (χ0n) is 8.71. The summed E-state index contributed by atoms with van der Waals surface area (Å²) in [5, 5.41) is 7.60. The molecule has 0 aliphatic heterocycles. The summed E-state index contributed by atoms with van der Waals surface area (Å²) >= 11 is 0. The summed E-state index contributed by atoms with van der Waals surface area (Å²) in [5.74, 6) is 1.35. The first kappa shape index (κ1) is 10.4. The molecule has 1 heterocycles. The van der Waals surface area contributed by atoms with E-state index in [1.165, 1.54) is 0 Å². The van der Waals surface area contributed by atoms with E-state index in [-0.39, 0.29) is 0 Å². The van der Waals surface area contributed by atoms with Crippen molar-refractivity contribution in [2.75, 3.05) is 12.3 Å². The molecule has 5 heteroatoms. The maximum Gasteiger partial charge on any atom is 0.154 e. The Kier molecular flexibility index (Phi) is 3.28. The molecule has 1 aromatic heterocycles. The average molecular weight is 216 g/mol. The first-order chi connectivity index (χ1) is 7.86. The predicted molar refractivity (Wildman–Crippen MR) is 59.9 cm³/mol. The summed E-state index contributed by atoms with van der Waals surface area (Å²) in [6.07, 6.45) is 3.76. The highest BCUT2D eigenvalue weighted by molar-refractivity contribution is 5.51. The Morgan fingerprint density at radius 3 is 2.81 bits per heavy atom. The lowest BCUT2D eigenvalue weighted by Gasteiger charge is -2.07. The van der Waals surface area contributed by atoms with Gasteiger partial charge in [-0.05, 0) is 12.1 Å². The van der Waals surface area contributed by atoms with Crippen LogP contribution in [0.25, 0.3) is 0 Å². The van der Waals surface area contributed by atoms with Crippen LogP contribution in [-0.4, -0.2) is 21.8 Å². The molecule has 82 valence electrons. The summed E-state index contributed by atoms with van der Waals surface area (Å²) in [4.78, 5) is 4.05. The molecule has 0 spiro atoms. The molecule has 0 bridgehead atoms. The molecule has 0 aliphatic carbocycles. The van der Waals surface area contributed by atoms with Gasteiger partial charge in [0.1, 0.15) is 5.75 Å². The smallest absolute Gasteiger partial charge is 0.154 e. The summed E-state index contributed by atoms with van der Waals surface area (Å²) < 4.78 is 5.51. The highest BCUT2D eigenvalue weighted by Crippen LogP contribution is 2.19. The third-order valence-electron chi connectivity index (χ3n) is 2.03. The van der Waals surface area contributed by atoms with Gasteiger partial charge in [0.25, 0.3) is 0 Å². The van der Waals surface area contributed by atoms with Gasteiger partial charge in [-0.3, -0.25) is 0 Å². The van der Waals surface area contributed by atoms with Crippen LogP contribution in [0.2, 0.25) is 0 Å². The average Bonchev–Trinajstić information content (AvgIpc) is 2.33. The van der Waals surface area contributed by atoms with Crippen molar-refractivity contribution in [1.29, 1.82) is 0 Å². The van der Waals surface area contributed by atoms with Crippen LogP contribution in [0.4, 0.5) is 5.69 Å². The number of hydrogen-bond donors (Lipinski definition) is 1. The number of ether oxygens (including phenoxy) is 1. The number of nitrogens with two attached hydrogens (primary N) is 1. The number of nitrogens with zero attached hydrogens (tertiary/aromatic N) is 3. The third-order valence-corrected chi connectivity index (χ3v) is 2.03. The fraction of sp³-hybridized carbons (Fsp3) is 0.182. The van der Waals surface area contributed by atoms with Crippen LogP contribution in [0.1, 0.15) is 5.82 Å². The van der Waals surface area contributed by atoms with E-state index >= 15 is 0 Å². The fourth-order valence-electron chi connectivity index (χ4n) is 1.25. The van der Waals surface area contributed by atoms with Crippen molar-refractivity contribution in [2.24, 2.45) is 0 Å². The van der Waals surface area contributed by atoms with Crippen LogP contribution in [0.5, 0.6) is 5.75 Å². The van der Waals surface area contributed by atoms with Gasteiger partial charge < -0.3 is 10.5 Å². The molecule has 0 aliphatic rings. The van der Waals surface area contributed by atoms with Crippen molar-refractivity contribution < 1.29 is 4.74 Å². The van der Waals surface area contributed by atoms with E-state index in [0.29, 0.717) is 30.3 Å². The van der Waals surface area contributed by atoms with Crippen molar-refractivity contribution >= 4 is 5.69 Å². The third kappa shape index (κ3) is 2.66. The van der Waals surface area contributed by atoms with Crippen LogP contribution >= 0.6 is 0 Å². The molecule has 1 aromatic carbocycles. The Labute approximate surface area is 93.3 Å². The zero-order valence-corrected chi connectivity index (χ0v) is 8.71. The molecule has 0 radical (unpaired) electrons. The summed E-state index contributed by atoms with van der Waals surface area (Å²) in [6.45, 7) is 0.486. The van der Waals surface area contributed by atoms with Crippen molar-refractivity contribution in [1.82, 2.24) is 15.2 Å². The monoisotopic (exact) mass is 216 g/mol. The summed E-state index contributed by atoms with van der Waals surface area (Å²) in [6, 6.07) is 7.38. The first-order valence-electron chi connectivity index (χ1n) is 4.96. The SMILES string of the molecule is Nc1ccccc1OCCc1nccnn1. The van der Waals surface area contributed by atoms with Crippen molar-refractivity contribution in [3.63, 3.8) is 0 Å². The molecular formula is C11H12N4O. The van der Waals surface area contributed by atoms with Crippen LogP contribution in [-0.2, 0) is 6.42 Å². The molecule has 2 aromatic rings. The van der Waals surface area contributed by atoms with Crippen molar-refractivity contribution in [3.05, 3.63) is 42.5 Å². The van der Waals surface area contributed by atoms with E-state index in [9.17, 15) is 0 Å². The highest BCUT2D eigenvalue weighted by Gasteiger charge is 2.00. The quantitative estimate of drug-likeness (QED) is 0.774. The largest absolute Gasteiger partial charge is 0.491 e. The van der Waals surface area contributed by atoms with E-state index in [0.717, 1.165) is 0 Å². The molecule has 2 N–H and O–H groups in total. The summed E-state index contributed by atoms with van der Waals surface area (Å²) in [5.41, 5.74) is 6.37. The Balaban J connectivity index is 1.87. The van der Waals surface area contributed by atoms with Crippen LogP contribution in [0.3, 0.4) is 0 Å². The van der Waals surface area contributed by atoms with Gasteiger partial charge in [-0.1, -0.05) is 12.1 Å². The lowest BCUT2D eigenvalue weighted by molar-refractivity contribution is 0.320. The van der Waals surface area contributed by atoms with E-state index in [4.69, 9.17) is 10.5 Å². The molecule has 0 fully saturated rings. The van der Waals surface area contributed by atoms with Gasteiger partial charge in [0.2, 0.25) is 0 Å². The number of nitrogen functional groups attached to an aromatic ring is 1. The van der Waals surface area contributed by atoms with Gasteiger partial charge in [0.05, 0.1) is 18.5 Å². The zero-order chi connectivity index (χ0) is 11.2. The fourth-order valence-corrected chi connectivity index (χ4v) is 1.25. The van der Waals surface area contributed by atoms with Gasteiger partial charge in [-0.2, -0.15) is 5.10 Å². The van der Waals surface area contributed by atoms with Crippen molar-refractivity contribution in [2.45, 2.75) is 6.42 Å². The second-order valence-electron chi connectivity index (χ2n) is 3.20. The standard InChI is InChI=1S/C11H12N4O/c12-9-3-1-2-4-10(9)16-8-5-11-13-6-7-14-15-11/h1-4,6-7H,5,8,12H2. The highest BCUT2D eigenvalue weighted by atomic mass is 16.5. The van der Waals surface area contributed by atoms with Crippen LogP contribution in [0.15, 0.2) is 36.7 Å². The normalized spacial score (nSPS) is 10.0. The number of hydrogen-bond acceptors (Lipinski definition) is 5. The van der Waals surface area contributed by atoms with Crippen molar-refractivity contribution in [3.8, 4) is 5.75 Å². The molecule has 0 atom stereocenters. The summed E-state index contributed by atoms with van der Waals surface area (Å²) in [7, 11) is 0. The first-order valence-corrected chi connectivity index (χ1v) is 4.96. The van der Waals surface area contributed by atoms with Crippen LogP contribution < -0.4 is 10.5 Å². The molecule has 5 nitrogen and oxygen atoms in total. The molecular weight excluding hydrogens is 204 g/mol. The molecule has 0 saturated heterocycles. The lowest BCUT2D eigenvalue weighted by atomic mass is 10.3. The maximum atomic E-state index is 5.73. The molecule has 0 saturated carbocycles. The minimum absolute atomic E-state index is 0.486. The topological polar surface area (TPSA) is 73.9 Å². The van der Waals surface area contributed by atoms with Gasteiger partial charge in [-0.15, -0.1) is 5.10 Å². The number of rotatable bonds is 4. The van der Waals surface area contributed by atoms with E-state index in [1.807, 2.05) is 18.2 Å². The molecule has 0 unspecified atom stereocenters. The minimum Gasteiger partial charge on any atom is -0.491 e. The maximum absolute atomic E-state index is 5.73. The number of benzene rings is 1. The van der Waals surface area contributed by atoms with Gasteiger partial charge in [0.15, 0.2) is 5.82 Å². The Morgan fingerprint density at radius 2 is 2.06 bits per heavy atom. The Bertz CT molecular complexity index is 447. The van der Waals surface area contributed by atoms with Gasteiger partial charge in [-0.25, -0.2) is 4.98 Å². The van der Waals surface area contributed by atoms with Gasteiger partial charge >= 0.3 is 0 Å². The number of anilines is 1. The molecule has 2 rings (SSSR count). The Morgan fingerprint density at radius 1 is 1.19 bits per heavy atom. The number of aromatic nitrogens is 3. The minimum atomic E-state index is 0.486. The second-order valence-corrected chi connectivity index (χ2v) is 3.20. The van der Waals surface area contributed by atoms with E-state index in [1.54, 1.807) is 18.5 Å². The van der Waals surface area contributed by atoms with Gasteiger partial charge in [0, 0.05) is 12.6 Å². The van der Waals surface area contributed by atoms with E-state index < -0.39 is 0 Å². The van der Waals surface area contributed by atoms with Crippen LogP contribution in [0, 0.1) is 0 Å². The van der Waals surface area contributed by atoms with E-state index in [2.05, 4.69) is 15.2 Å². The second kappa shape index (κ2) is 5.06. The predicted octanol–water partition coefficient (Wildman–Crippen LogP) is 1.08. The lowest BCUT2D eigenvalue weighted by Crippen LogP contribution is -2.06. The Hall–Kier alpha value is -2.17.